The molecule has 38 heavy (non-hydrogen) atoms. The molecule has 190 valence electrons. The molecule has 3 aromatic rings. The number of amides is 2. The van der Waals surface area contributed by atoms with Gasteiger partial charge in [0.25, 0.3) is 5.91 Å². The minimum atomic E-state index is -2.08. The van der Waals surface area contributed by atoms with Crippen molar-refractivity contribution < 1.29 is 14.3 Å². The molecule has 8 nitrogen and oxygen atoms in total. The average molecular weight is 506 g/mol. The third-order valence-corrected chi connectivity index (χ3v) is 7.17. The Morgan fingerprint density at radius 3 is 1.97 bits per heavy atom. The number of rotatable bonds is 2. The number of anilines is 1. The summed E-state index contributed by atoms with van der Waals surface area (Å²) >= 11 is 0. The van der Waals surface area contributed by atoms with Crippen LogP contribution in [0, 0.1) is 33.3 Å². The van der Waals surface area contributed by atoms with Crippen LogP contribution in [0.1, 0.15) is 49.4 Å². The monoisotopic (exact) mass is 505 g/mol. The first-order valence-electron chi connectivity index (χ1n) is 12.2. The van der Waals surface area contributed by atoms with Gasteiger partial charge in [0.15, 0.2) is 5.41 Å². The highest BCUT2D eigenvalue weighted by Crippen LogP contribution is 2.68. The molecule has 0 bridgehead atoms. The maximum Gasteiger partial charge on any atom is 0.421 e. The Kier molecular flexibility index (Phi) is 5.83. The second kappa shape index (κ2) is 8.81. The van der Waals surface area contributed by atoms with Crippen molar-refractivity contribution in [1.29, 1.82) is 10.5 Å². The standard InChI is InChI=1S/C30H25N4O4/c1-28(2,3)38-27(36)33-23-17-11-10-16-22(23)30(26(33)35)24(20-12-6-4-7-13-20)29(18-31,19-32)25(34(30)37)21-14-8-5-9-15-21/h4-17,24-25H,1-3H3/q-1/t24-,25-,30+/m1/s1. The number of carbonyl (C=O) groups excluding carboxylic acids is 2. The van der Waals surface area contributed by atoms with Crippen LogP contribution in [0.3, 0.4) is 0 Å². The molecule has 8 heteroatoms. The minimum absolute atomic E-state index is 0.187. The van der Waals surface area contributed by atoms with Gasteiger partial charge in [-0.05, 0) is 38.0 Å². The summed E-state index contributed by atoms with van der Waals surface area (Å²) in [6.45, 7) is 5.03. The SMILES string of the molecule is CC(C)(C)OC(=O)N1C(=O)[C@]2(c3ccccc31)[C@H](c1ccccc1)C(C#N)(C#N)[C@@H](c1ccccc1)N2[O-]. The highest BCUT2D eigenvalue weighted by Gasteiger charge is 2.73. The summed E-state index contributed by atoms with van der Waals surface area (Å²) in [4.78, 5) is 28.8. The van der Waals surface area contributed by atoms with Crippen LogP contribution in [0.25, 0.3) is 0 Å². The van der Waals surface area contributed by atoms with Crippen LogP contribution >= 0.6 is 0 Å². The van der Waals surface area contributed by atoms with Crippen LogP contribution in [-0.2, 0) is 15.1 Å². The van der Waals surface area contributed by atoms with E-state index in [1.807, 2.05) is 0 Å². The molecule has 5 rings (SSSR count). The third-order valence-electron chi connectivity index (χ3n) is 7.17. The van der Waals surface area contributed by atoms with E-state index in [0.717, 1.165) is 4.90 Å². The number of nitrogens with zero attached hydrogens (tertiary/aromatic N) is 4. The van der Waals surface area contributed by atoms with Gasteiger partial charge in [-0.25, -0.2) is 9.69 Å². The average Bonchev–Trinajstić information content (AvgIpc) is 3.30. The molecule has 2 heterocycles. The third kappa shape index (κ3) is 3.35. The molecule has 0 aromatic heterocycles. The number of benzene rings is 3. The van der Waals surface area contributed by atoms with Crippen molar-refractivity contribution >= 4 is 17.7 Å². The molecule has 0 saturated carbocycles. The van der Waals surface area contributed by atoms with E-state index in [-0.39, 0.29) is 11.3 Å². The summed E-state index contributed by atoms with van der Waals surface area (Å²) < 4.78 is 5.56. The molecule has 2 aliphatic heterocycles. The van der Waals surface area contributed by atoms with E-state index in [1.165, 1.54) is 0 Å². The molecule has 1 fully saturated rings. The first-order valence-corrected chi connectivity index (χ1v) is 12.2. The number of hydroxylamine groups is 2. The highest BCUT2D eigenvalue weighted by atomic mass is 16.6. The maximum absolute atomic E-state index is 14.7. The van der Waals surface area contributed by atoms with Gasteiger partial charge in [-0.1, -0.05) is 78.9 Å². The van der Waals surface area contributed by atoms with Gasteiger partial charge in [0, 0.05) is 11.5 Å². The summed E-state index contributed by atoms with van der Waals surface area (Å²) in [6, 6.07) is 26.6. The first-order chi connectivity index (χ1) is 18.1. The molecule has 1 saturated heterocycles. The van der Waals surface area contributed by atoms with E-state index >= 15 is 0 Å². The van der Waals surface area contributed by atoms with Crippen LogP contribution in [0.2, 0.25) is 0 Å². The fourth-order valence-electron chi connectivity index (χ4n) is 5.83. The van der Waals surface area contributed by atoms with Gasteiger partial charge in [0.2, 0.25) is 0 Å². The predicted octanol–water partition coefficient (Wildman–Crippen LogP) is 5.54. The van der Waals surface area contributed by atoms with Crippen molar-refractivity contribution in [2.45, 2.75) is 43.9 Å². The highest BCUT2D eigenvalue weighted by molar-refractivity contribution is 6.21. The fourth-order valence-corrected chi connectivity index (χ4v) is 5.83. The van der Waals surface area contributed by atoms with E-state index in [2.05, 4.69) is 12.1 Å². The van der Waals surface area contributed by atoms with E-state index in [1.54, 1.807) is 106 Å². The molecule has 3 atom stereocenters. The van der Waals surface area contributed by atoms with Crippen LogP contribution in [0.4, 0.5) is 10.5 Å². The van der Waals surface area contributed by atoms with Gasteiger partial charge in [-0.15, -0.1) is 0 Å². The lowest BCUT2D eigenvalue weighted by molar-refractivity contribution is -0.128. The summed E-state index contributed by atoms with van der Waals surface area (Å²) in [7, 11) is 0. The van der Waals surface area contributed by atoms with Crippen LogP contribution in [0.15, 0.2) is 84.9 Å². The summed E-state index contributed by atoms with van der Waals surface area (Å²) in [5, 5.41) is 36.6. The Labute approximate surface area is 220 Å². The number of fused-ring (bicyclic) bond motifs is 2. The van der Waals surface area contributed by atoms with Gasteiger partial charge < -0.3 is 15.0 Å². The normalized spacial score (nSPS) is 24.1. The second-order valence-corrected chi connectivity index (χ2v) is 10.5. The molecule has 0 aliphatic carbocycles. The maximum atomic E-state index is 14.7. The van der Waals surface area contributed by atoms with Gasteiger partial charge in [0.05, 0.1) is 23.9 Å². The smallest absolute Gasteiger partial charge is 0.421 e. The van der Waals surface area contributed by atoms with Gasteiger partial charge >= 0.3 is 6.09 Å². The lowest BCUT2D eigenvalue weighted by Crippen LogP contribution is -2.52. The zero-order chi connectivity index (χ0) is 27.3. The van der Waals surface area contributed by atoms with E-state index in [9.17, 15) is 25.3 Å². The Hall–Kier alpha value is -4.50. The number of imide groups is 1. The Balaban J connectivity index is 1.86. The Morgan fingerprint density at radius 2 is 1.42 bits per heavy atom. The minimum Gasteiger partial charge on any atom is -0.784 e. The topological polar surface area (TPSA) is 120 Å². The van der Waals surface area contributed by atoms with Crippen LogP contribution in [-0.4, -0.2) is 22.7 Å². The summed E-state index contributed by atoms with van der Waals surface area (Å²) in [6.07, 6.45) is -0.935. The Morgan fingerprint density at radius 1 is 0.895 bits per heavy atom. The Bertz CT molecular complexity index is 1470. The quantitative estimate of drug-likeness (QED) is 0.449. The molecule has 0 unspecified atom stereocenters. The van der Waals surface area contributed by atoms with Crippen molar-refractivity contribution in [3.05, 3.63) is 107 Å². The number of para-hydroxylation sites is 1. The predicted molar refractivity (Wildman–Crippen MR) is 139 cm³/mol. The van der Waals surface area contributed by atoms with E-state index in [4.69, 9.17) is 4.74 Å². The molecule has 0 radical (unpaired) electrons. The van der Waals surface area contributed by atoms with E-state index < -0.39 is 40.5 Å². The van der Waals surface area contributed by atoms with Gasteiger partial charge in [-0.2, -0.15) is 10.5 Å². The number of hydrogen-bond acceptors (Lipinski definition) is 7. The lowest BCUT2D eigenvalue weighted by atomic mass is 9.63. The van der Waals surface area contributed by atoms with Gasteiger partial charge in [0.1, 0.15) is 11.1 Å². The van der Waals surface area contributed by atoms with Gasteiger partial charge in [-0.3, -0.25) is 4.79 Å². The fraction of sp³-hybridized carbons (Fsp3) is 0.267. The largest absolute Gasteiger partial charge is 0.784 e. The summed E-state index contributed by atoms with van der Waals surface area (Å²) in [5.74, 6) is -2.08. The lowest BCUT2D eigenvalue weighted by Gasteiger charge is -2.44. The van der Waals surface area contributed by atoms with Crippen molar-refractivity contribution in [1.82, 2.24) is 5.06 Å². The summed E-state index contributed by atoms with van der Waals surface area (Å²) in [5.41, 5.74) is -3.66. The van der Waals surface area contributed by atoms with Crippen molar-refractivity contribution in [2.24, 2.45) is 5.41 Å². The number of ether oxygens (including phenoxy) is 1. The molecule has 1 spiro atoms. The molecule has 2 aliphatic rings. The zero-order valence-corrected chi connectivity index (χ0v) is 21.2. The van der Waals surface area contributed by atoms with Crippen molar-refractivity contribution in [2.75, 3.05) is 4.90 Å². The van der Waals surface area contributed by atoms with Crippen LogP contribution < -0.4 is 4.90 Å². The molecular weight excluding hydrogens is 480 g/mol. The zero-order valence-electron chi connectivity index (χ0n) is 21.2. The second-order valence-electron chi connectivity index (χ2n) is 10.5. The number of hydrogen-bond donors (Lipinski definition) is 0. The van der Waals surface area contributed by atoms with E-state index in [0.29, 0.717) is 16.2 Å². The molecule has 3 aromatic carbocycles. The number of carbonyl (C=O) groups is 2. The van der Waals surface area contributed by atoms with Crippen molar-refractivity contribution in [3.8, 4) is 12.1 Å². The molecular formula is C30H25N4O4-. The molecule has 2 amide bonds. The van der Waals surface area contributed by atoms with Crippen molar-refractivity contribution in [3.63, 3.8) is 0 Å². The van der Waals surface area contributed by atoms with Crippen LogP contribution in [0.5, 0.6) is 0 Å². The molecule has 0 N–H and O–H groups in total. The number of nitriles is 2. The first kappa shape index (κ1) is 25.2.